The predicted octanol–water partition coefficient (Wildman–Crippen LogP) is 4.39. The van der Waals surface area contributed by atoms with Crippen LogP contribution in [0.4, 0.5) is 15.8 Å². The number of hydrogen-bond acceptors (Lipinski definition) is 3. The average molecular weight is 459 g/mol. The molecule has 0 radical (unpaired) electrons. The number of nitrogen functional groups attached to an aromatic ring is 1. The van der Waals surface area contributed by atoms with Crippen LogP contribution in [-0.2, 0) is 10.0 Å². The minimum Gasteiger partial charge on any atom is -0.399 e. The number of benzene rings is 2. The molecule has 112 valence electrons. The molecule has 0 bridgehead atoms. The molecule has 0 fully saturated rings. The number of halogens is 4. The summed E-state index contributed by atoms with van der Waals surface area (Å²) in [6.07, 6.45) is 0. The Morgan fingerprint density at radius 2 is 1.81 bits per heavy atom. The van der Waals surface area contributed by atoms with Crippen molar-refractivity contribution in [3.8, 4) is 0 Å². The van der Waals surface area contributed by atoms with Crippen LogP contribution < -0.4 is 10.5 Å². The molecule has 2 aromatic carbocycles. The maximum Gasteiger partial charge on any atom is 0.263 e. The van der Waals surface area contributed by atoms with Crippen molar-refractivity contribution in [2.75, 3.05) is 10.5 Å². The SMILES string of the molecule is Nc1ccc(Br)c(S(=O)(=O)Nc2c(Cl)cc(F)cc2Br)c1. The summed E-state index contributed by atoms with van der Waals surface area (Å²) in [6.45, 7) is 0. The van der Waals surface area contributed by atoms with Gasteiger partial charge >= 0.3 is 0 Å². The summed E-state index contributed by atoms with van der Waals surface area (Å²) in [5, 5.41) is -0.0644. The lowest BCUT2D eigenvalue weighted by Crippen LogP contribution is -2.14. The third-order valence-corrected chi connectivity index (χ3v) is 5.76. The first-order chi connectivity index (χ1) is 9.70. The number of sulfonamides is 1. The van der Waals surface area contributed by atoms with Gasteiger partial charge < -0.3 is 5.73 Å². The molecule has 0 aliphatic heterocycles. The minimum atomic E-state index is -3.94. The van der Waals surface area contributed by atoms with E-state index in [-0.39, 0.29) is 20.1 Å². The van der Waals surface area contributed by atoms with Crippen LogP contribution in [0.25, 0.3) is 0 Å². The van der Waals surface area contributed by atoms with Crippen molar-refractivity contribution in [2.24, 2.45) is 0 Å². The molecule has 21 heavy (non-hydrogen) atoms. The van der Waals surface area contributed by atoms with Gasteiger partial charge in [0.1, 0.15) is 10.7 Å². The first kappa shape index (κ1) is 16.5. The Hall–Kier alpha value is -0.830. The van der Waals surface area contributed by atoms with E-state index in [2.05, 4.69) is 36.6 Å². The van der Waals surface area contributed by atoms with Gasteiger partial charge in [-0.2, -0.15) is 0 Å². The molecule has 9 heteroatoms. The first-order valence-electron chi connectivity index (χ1n) is 5.43. The zero-order valence-corrected chi connectivity index (χ0v) is 14.9. The van der Waals surface area contributed by atoms with Crippen molar-refractivity contribution < 1.29 is 12.8 Å². The Labute approximate surface area is 142 Å². The molecule has 0 spiro atoms. The quantitative estimate of drug-likeness (QED) is 0.671. The maximum absolute atomic E-state index is 13.2. The van der Waals surface area contributed by atoms with Gasteiger partial charge in [0, 0.05) is 14.6 Å². The van der Waals surface area contributed by atoms with E-state index in [1.54, 1.807) is 6.07 Å². The van der Waals surface area contributed by atoms with Gasteiger partial charge in [-0.05, 0) is 62.2 Å². The number of anilines is 2. The van der Waals surface area contributed by atoms with E-state index in [1.165, 1.54) is 12.1 Å². The van der Waals surface area contributed by atoms with Crippen LogP contribution in [0.5, 0.6) is 0 Å². The van der Waals surface area contributed by atoms with Crippen LogP contribution in [0.2, 0.25) is 5.02 Å². The van der Waals surface area contributed by atoms with Crippen molar-refractivity contribution >= 4 is 64.9 Å². The van der Waals surface area contributed by atoms with E-state index >= 15 is 0 Å². The molecule has 2 rings (SSSR count). The summed E-state index contributed by atoms with van der Waals surface area (Å²) < 4.78 is 40.8. The van der Waals surface area contributed by atoms with Gasteiger partial charge in [-0.25, -0.2) is 12.8 Å². The highest BCUT2D eigenvalue weighted by Gasteiger charge is 2.21. The molecule has 0 aromatic heterocycles. The summed E-state index contributed by atoms with van der Waals surface area (Å²) in [5.74, 6) is -0.583. The Morgan fingerprint density at radius 1 is 1.14 bits per heavy atom. The van der Waals surface area contributed by atoms with E-state index in [9.17, 15) is 12.8 Å². The molecule has 0 saturated carbocycles. The van der Waals surface area contributed by atoms with Crippen molar-refractivity contribution in [1.82, 2.24) is 0 Å². The fourth-order valence-electron chi connectivity index (χ4n) is 1.55. The number of nitrogens with two attached hydrogens (primary N) is 1. The van der Waals surface area contributed by atoms with Crippen LogP contribution in [0.3, 0.4) is 0 Å². The van der Waals surface area contributed by atoms with E-state index < -0.39 is 15.8 Å². The predicted molar refractivity (Wildman–Crippen MR) is 88.5 cm³/mol. The highest BCUT2D eigenvalue weighted by atomic mass is 79.9. The molecule has 0 atom stereocenters. The van der Waals surface area contributed by atoms with Crippen LogP contribution in [0, 0.1) is 5.82 Å². The summed E-state index contributed by atoms with van der Waals surface area (Å²) in [6, 6.07) is 6.50. The molecule has 0 heterocycles. The van der Waals surface area contributed by atoms with E-state index in [0.29, 0.717) is 10.2 Å². The Morgan fingerprint density at radius 3 is 2.43 bits per heavy atom. The molecule has 2 aromatic rings. The first-order valence-corrected chi connectivity index (χ1v) is 8.88. The van der Waals surface area contributed by atoms with Gasteiger partial charge in [0.05, 0.1) is 10.7 Å². The highest BCUT2D eigenvalue weighted by molar-refractivity contribution is 9.11. The van der Waals surface area contributed by atoms with Crippen LogP contribution in [0.1, 0.15) is 0 Å². The minimum absolute atomic E-state index is 0.0465. The molecular formula is C12H8Br2ClFN2O2S. The average Bonchev–Trinajstić information content (AvgIpc) is 2.36. The second kappa shape index (κ2) is 6.12. The molecule has 0 unspecified atom stereocenters. The Kier molecular flexibility index (Phi) is 4.82. The number of hydrogen-bond donors (Lipinski definition) is 2. The Bertz CT molecular complexity index is 792. The van der Waals surface area contributed by atoms with Crippen molar-refractivity contribution in [3.63, 3.8) is 0 Å². The maximum atomic E-state index is 13.2. The molecular weight excluding hydrogens is 450 g/mol. The zero-order valence-electron chi connectivity index (χ0n) is 10.2. The summed E-state index contributed by atoms with van der Waals surface area (Å²) in [5.41, 5.74) is 5.94. The van der Waals surface area contributed by atoms with Gasteiger partial charge in [0.2, 0.25) is 0 Å². The van der Waals surface area contributed by atoms with E-state index in [1.807, 2.05) is 0 Å². The topological polar surface area (TPSA) is 72.2 Å². The fourth-order valence-corrected chi connectivity index (χ4v) is 4.74. The highest BCUT2D eigenvalue weighted by Crippen LogP contribution is 2.34. The van der Waals surface area contributed by atoms with Crippen molar-refractivity contribution in [1.29, 1.82) is 0 Å². The summed E-state index contributed by atoms with van der Waals surface area (Å²) in [4.78, 5) is -0.0465. The third kappa shape index (κ3) is 3.68. The Balaban J connectivity index is 2.50. The summed E-state index contributed by atoms with van der Waals surface area (Å²) >= 11 is 12.1. The lowest BCUT2D eigenvalue weighted by atomic mass is 10.3. The molecule has 3 N–H and O–H groups in total. The second-order valence-electron chi connectivity index (χ2n) is 4.04. The molecule has 0 aliphatic rings. The summed E-state index contributed by atoms with van der Waals surface area (Å²) in [7, 11) is -3.94. The van der Waals surface area contributed by atoms with Gasteiger partial charge in [0.15, 0.2) is 0 Å². The van der Waals surface area contributed by atoms with E-state index in [0.717, 1.165) is 12.1 Å². The fraction of sp³-hybridized carbons (Fsp3) is 0. The number of nitrogens with one attached hydrogen (secondary N) is 1. The largest absolute Gasteiger partial charge is 0.399 e. The van der Waals surface area contributed by atoms with Crippen molar-refractivity contribution in [3.05, 3.63) is 50.1 Å². The smallest absolute Gasteiger partial charge is 0.263 e. The van der Waals surface area contributed by atoms with Gasteiger partial charge in [-0.15, -0.1) is 0 Å². The lowest BCUT2D eigenvalue weighted by Gasteiger charge is -2.13. The molecule has 0 amide bonds. The van der Waals surface area contributed by atoms with Crippen LogP contribution in [-0.4, -0.2) is 8.42 Å². The molecule has 4 nitrogen and oxygen atoms in total. The molecule has 0 aliphatic carbocycles. The van der Waals surface area contributed by atoms with Crippen LogP contribution >= 0.6 is 43.5 Å². The van der Waals surface area contributed by atoms with Crippen molar-refractivity contribution in [2.45, 2.75) is 4.90 Å². The van der Waals surface area contributed by atoms with Gasteiger partial charge in [-0.3, -0.25) is 4.72 Å². The normalized spacial score (nSPS) is 11.4. The molecule has 0 saturated heterocycles. The zero-order chi connectivity index (χ0) is 15.8. The van der Waals surface area contributed by atoms with Gasteiger partial charge in [0.25, 0.3) is 10.0 Å². The lowest BCUT2D eigenvalue weighted by molar-refractivity contribution is 0.600. The monoisotopic (exact) mass is 456 g/mol. The number of rotatable bonds is 3. The van der Waals surface area contributed by atoms with Gasteiger partial charge in [-0.1, -0.05) is 11.6 Å². The van der Waals surface area contributed by atoms with Crippen LogP contribution in [0.15, 0.2) is 44.2 Å². The third-order valence-electron chi connectivity index (χ3n) is 2.49. The standard InChI is InChI=1S/C12H8Br2ClFN2O2S/c13-8-2-1-7(17)5-11(8)21(19,20)18-12-9(14)3-6(16)4-10(12)15/h1-5,18H,17H2. The van der Waals surface area contributed by atoms with E-state index in [4.69, 9.17) is 17.3 Å². The second-order valence-corrected chi connectivity index (χ2v) is 7.81.